The molecule has 4 rings (SSSR count). The quantitative estimate of drug-likeness (QED) is 0.188. The Morgan fingerprint density at radius 1 is 0.844 bits per heavy atom. The number of carbonyl (C=O) groups is 5. The van der Waals surface area contributed by atoms with Gasteiger partial charge in [-0.2, -0.15) is 13.2 Å². The fraction of sp³-hybridized carbons (Fsp3) is 0.129. The van der Waals surface area contributed by atoms with Gasteiger partial charge in [0.15, 0.2) is 5.78 Å². The molecule has 0 unspecified atom stereocenters. The topological polar surface area (TPSA) is 181 Å². The SMILES string of the molecule is CC(=O)c1sc(-c2ccccc2)cc1C(N)=O.NCc1cccc(C(=O)N(CC(=O)O)c2ccccc2)c1.O=C(O)C(F)(F)F. The lowest BCUT2D eigenvalue weighted by Gasteiger charge is -2.21. The minimum Gasteiger partial charge on any atom is -0.480 e. The lowest BCUT2D eigenvalue weighted by atomic mass is 10.1. The highest BCUT2D eigenvalue weighted by Crippen LogP contribution is 2.31. The molecule has 1 aromatic heterocycles. The lowest BCUT2D eigenvalue weighted by Crippen LogP contribution is -2.35. The van der Waals surface area contributed by atoms with Crippen molar-refractivity contribution in [3.8, 4) is 10.4 Å². The van der Waals surface area contributed by atoms with E-state index in [0.717, 1.165) is 16.0 Å². The van der Waals surface area contributed by atoms with Crippen molar-refractivity contribution in [2.24, 2.45) is 11.5 Å². The number of aliphatic carboxylic acids is 2. The molecule has 45 heavy (non-hydrogen) atoms. The van der Waals surface area contributed by atoms with Crippen LogP contribution in [0.3, 0.4) is 0 Å². The van der Waals surface area contributed by atoms with Gasteiger partial charge in [0.25, 0.3) is 5.91 Å². The number of benzene rings is 3. The summed E-state index contributed by atoms with van der Waals surface area (Å²) in [6.07, 6.45) is -5.08. The maximum Gasteiger partial charge on any atom is 0.490 e. The first-order valence-electron chi connectivity index (χ1n) is 12.8. The zero-order valence-electron chi connectivity index (χ0n) is 23.7. The number of carbonyl (C=O) groups excluding carboxylic acids is 3. The predicted molar refractivity (Wildman–Crippen MR) is 162 cm³/mol. The number of carboxylic acid groups (broad SMARTS) is 2. The van der Waals surface area contributed by atoms with Crippen molar-refractivity contribution < 1.29 is 47.4 Å². The normalized spacial score (nSPS) is 10.3. The number of halogens is 3. The summed E-state index contributed by atoms with van der Waals surface area (Å²) in [6.45, 7) is 1.37. The molecule has 10 nitrogen and oxygen atoms in total. The van der Waals surface area contributed by atoms with E-state index < -0.39 is 30.6 Å². The van der Waals surface area contributed by atoms with Gasteiger partial charge in [-0.15, -0.1) is 11.3 Å². The van der Waals surface area contributed by atoms with Crippen molar-refractivity contribution in [3.63, 3.8) is 0 Å². The molecule has 6 N–H and O–H groups in total. The van der Waals surface area contributed by atoms with Crippen LogP contribution in [0.4, 0.5) is 18.9 Å². The van der Waals surface area contributed by atoms with Crippen LogP contribution in [0.2, 0.25) is 0 Å². The van der Waals surface area contributed by atoms with Gasteiger partial charge in [0.05, 0.1) is 10.4 Å². The van der Waals surface area contributed by atoms with E-state index in [4.69, 9.17) is 26.5 Å². The van der Waals surface area contributed by atoms with Crippen molar-refractivity contribution >= 4 is 46.6 Å². The molecule has 0 fully saturated rings. The molecule has 0 aliphatic rings. The third kappa shape index (κ3) is 11.0. The number of rotatable bonds is 8. The number of hydrogen-bond donors (Lipinski definition) is 4. The van der Waals surface area contributed by atoms with E-state index in [1.807, 2.05) is 42.5 Å². The summed E-state index contributed by atoms with van der Waals surface area (Å²) in [5.74, 6) is -4.88. The Kier molecular flexibility index (Phi) is 13.1. The number of nitrogens with two attached hydrogens (primary N) is 2. The van der Waals surface area contributed by atoms with Gasteiger partial charge in [0.1, 0.15) is 6.54 Å². The molecule has 14 heteroatoms. The number of para-hydroxylation sites is 1. The molecule has 0 aliphatic heterocycles. The van der Waals surface area contributed by atoms with Crippen LogP contribution in [0.15, 0.2) is 91.0 Å². The van der Waals surface area contributed by atoms with Gasteiger partial charge in [-0.25, -0.2) is 4.79 Å². The van der Waals surface area contributed by atoms with Gasteiger partial charge in [0, 0.05) is 22.7 Å². The van der Waals surface area contributed by atoms with Crippen LogP contribution in [0.25, 0.3) is 10.4 Å². The van der Waals surface area contributed by atoms with E-state index in [-0.39, 0.29) is 11.7 Å². The van der Waals surface area contributed by atoms with Crippen LogP contribution >= 0.6 is 11.3 Å². The summed E-state index contributed by atoms with van der Waals surface area (Å²) in [5, 5.41) is 16.2. The second-order valence-electron chi connectivity index (χ2n) is 8.97. The Morgan fingerprint density at radius 3 is 1.84 bits per heavy atom. The van der Waals surface area contributed by atoms with E-state index in [1.54, 1.807) is 48.5 Å². The summed E-state index contributed by atoms with van der Waals surface area (Å²) in [7, 11) is 0. The molecule has 0 saturated carbocycles. The van der Waals surface area contributed by atoms with E-state index >= 15 is 0 Å². The van der Waals surface area contributed by atoms with Gasteiger partial charge in [-0.3, -0.25) is 24.1 Å². The largest absolute Gasteiger partial charge is 0.490 e. The van der Waals surface area contributed by atoms with Crippen LogP contribution in [0, 0.1) is 0 Å². The number of ketones is 1. The van der Waals surface area contributed by atoms with Crippen LogP contribution < -0.4 is 16.4 Å². The highest BCUT2D eigenvalue weighted by Gasteiger charge is 2.38. The van der Waals surface area contributed by atoms with E-state index in [0.29, 0.717) is 28.2 Å². The number of alkyl halides is 3. The van der Waals surface area contributed by atoms with Crippen molar-refractivity contribution in [2.75, 3.05) is 11.4 Å². The van der Waals surface area contributed by atoms with E-state index in [9.17, 15) is 32.3 Å². The summed E-state index contributed by atoms with van der Waals surface area (Å²) in [4.78, 5) is 57.7. The molecular weight excluding hydrogens is 615 g/mol. The summed E-state index contributed by atoms with van der Waals surface area (Å²) >= 11 is 1.30. The Hall–Kier alpha value is -5.34. The Balaban J connectivity index is 0.000000263. The molecule has 236 valence electrons. The number of carboxylic acids is 2. The zero-order valence-corrected chi connectivity index (χ0v) is 24.5. The smallest absolute Gasteiger partial charge is 0.480 e. The van der Waals surface area contributed by atoms with Gasteiger partial charge in [-0.1, -0.05) is 60.7 Å². The van der Waals surface area contributed by atoms with Gasteiger partial charge < -0.3 is 21.7 Å². The molecule has 0 saturated heterocycles. The monoisotopic (exact) mass is 643 g/mol. The predicted octanol–water partition coefficient (Wildman–Crippen LogP) is 5.23. The van der Waals surface area contributed by atoms with Crippen LogP contribution in [0.1, 0.15) is 42.9 Å². The van der Waals surface area contributed by atoms with Gasteiger partial charge >= 0.3 is 18.1 Å². The molecule has 0 radical (unpaired) electrons. The number of Topliss-reactive ketones (excluding diaryl/α,β-unsaturated/α-hetero) is 1. The third-order valence-electron chi connectivity index (χ3n) is 5.63. The molecule has 3 aromatic carbocycles. The minimum absolute atomic E-state index is 0.133. The minimum atomic E-state index is -5.08. The second kappa shape index (κ2) is 16.5. The molecule has 0 spiro atoms. The van der Waals surface area contributed by atoms with Gasteiger partial charge in [-0.05, 0) is 48.4 Å². The molecule has 1 heterocycles. The molecule has 0 aliphatic carbocycles. The van der Waals surface area contributed by atoms with Crippen LogP contribution in [0.5, 0.6) is 0 Å². The summed E-state index contributed by atoms with van der Waals surface area (Å²) in [5.41, 5.74) is 13.9. The Morgan fingerprint density at radius 2 is 1.40 bits per heavy atom. The maximum absolute atomic E-state index is 12.6. The van der Waals surface area contributed by atoms with Crippen molar-refractivity contribution in [1.82, 2.24) is 0 Å². The molecule has 2 amide bonds. The average molecular weight is 644 g/mol. The van der Waals surface area contributed by atoms with E-state index in [2.05, 4.69) is 0 Å². The molecule has 0 atom stereocenters. The first kappa shape index (κ1) is 35.9. The maximum atomic E-state index is 12.6. The summed E-state index contributed by atoms with van der Waals surface area (Å²) < 4.78 is 31.7. The van der Waals surface area contributed by atoms with Crippen molar-refractivity contribution in [1.29, 1.82) is 0 Å². The van der Waals surface area contributed by atoms with Crippen molar-refractivity contribution in [3.05, 3.63) is 113 Å². The van der Waals surface area contributed by atoms with Crippen LogP contribution in [-0.2, 0) is 16.1 Å². The molecule has 0 bridgehead atoms. The number of thiophene rings is 1. The molecule has 4 aromatic rings. The summed E-state index contributed by atoms with van der Waals surface area (Å²) in [6, 6.07) is 26.9. The fourth-order valence-corrected chi connectivity index (χ4v) is 4.65. The van der Waals surface area contributed by atoms with Gasteiger partial charge in [0.2, 0.25) is 5.91 Å². The average Bonchev–Trinajstić information content (AvgIpc) is 3.47. The highest BCUT2D eigenvalue weighted by atomic mass is 32.1. The Bertz CT molecular complexity index is 1610. The number of anilines is 1. The number of hydrogen-bond acceptors (Lipinski definition) is 7. The first-order chi connectivity index (χ1) is 21.1. The lowest BCUT2D eigenvalue weighted by molar-refractivity contribution is -0.192. The highest BCUT2D eigenvalue weighted by molar-refractivity contribution is 7.17. The van der Waals surface area contributed by atoms with Crippen LogP contribution in [-0.4, -0.2) is 52.5 Å². The third-order valence-corrected chi connectivity index (χ3v) is 6.92. The zero-order chi connectivity index (χ0) is 33.7. The number of nitrogens with zero attached hydrogens (tertiary/aromatic N) is 1. The van der Waals surface area contributed by atoms with E-state index in [1.165, 1.54) is 23.2 Å². The Labute approximate surface area is 259 Å². The molecular formula is C31H28F3N3O7S. The first-order valence-corrected chi connectivity index (χ1v) is 13.6. The fourth-order valence-electron chi connectivity index (χ4n) is 3.59. The van der Waals surface area contributed by atoms with Crippen molar-refractivity contribution in [2.45, 2.75) is 19.6 Å². The number of amides is 2. The standard InChI is InChI=1S/C16H16N2O3.C13H11NO2S.C2HF3O2/c17-10-12-5-4-6-13(9-12)16(21)18(11-15(19)20)14-7-2-1-3-8-14;1-8(15)12-10(13(14)16)7-11(17-12)9-5-3-2-4-6-9;3-2(4,5)1(6)7/h1-9H,10-11,17H2,(H,19,20);2-7H,1H3,(H2,14,16);(H,6,7). The number of primary amides is 1. The second-order valence-corrected chi connectivity index (χ2v) is 10.0.